The largest absolute Gasteiger partial charge is 0.493 e. The Kier molecular flexibility index (Phi) is 5.01. The molecule has 0 saturated heterocycles. The van der Waals surface area contributed by atoms with Crippen molar-refractivity contribution >= 4 is 17.3 Å². The molecule has 0 spiro atoms. The van der Waals surface area contributed by atoms with Gasteiger partial charge in [-0.15, -0.1) is 0 Å². The van der Waals surface area contributed by atoms with E-state index in [1.807, 2.05) is 0 Å². The standard InChI is InChI=1S/C18H18FN3O4/c1-20-15-6-5-12(22(24)25)10-14(15)18(23)21-16-3-2-8-26-17-7-4-11(19)9-13(16)17/h4-7,9-10,16,20H,2-3,8H2,1H3,(H,21,23). The van der Waals surface area contributed by atoms with Gasteiger partial charge in [0.1, 0.15) is 11.6 Å². The molecular weight excluding hydrogens is 341 g/mol. The number of ether oxygens (including phenoxy) is 1. The van der Waals surface area contributed by atoms with Crippen LogP contribution < -0.4 is 15.4 Å². The van der Waals surface area contributed by atoms with Crippen LogP contribution in [0, 0.1) is 15.9 Å². The summed E-state index contributed by atoms with van der Waals surface area (Å²) in [5, 5.41) is 16.7. The summed E-state index contributed by atoms with van der Waals surface area (Å²) in [6, 6.07) is 7.78. The second-order valence-electron chi connectivity index (χ2n) is 5.94. The molecule has 0 radical (unpaired) electrons. The van der Waals surface area contributed by atoms with Crippen LogP contribution in [0.4, 0.5) is 15.8 Å². The highest BCUT2D eigenvalue weighted by atomic mass is 19.1. The zero-order chi connectivity index (χ0) is 18.7. The van der Waals surface area contributed by atoms with Crippen molar-refractivity contribution in [1.82, 2.24) is 5.32 Å². The van der Waals surface area contributed by atoms with Crippen LogP contribution in [-0.2, 0) is 0 Å². The fraction of sp³-hybridized carbons (Fsp3) is 0.278. The number of amides is 1. The predicted octanol–water partition coefficient (Wildman–Crippen LogP) is 3.42. The summed E-state index contributed by atoms with van der Waals surface area (Å²) in [7, 11) is 1.63. The molecule has 2 aromatic rings. The molecule has 0 aromatic heterocycles. The normalized spacial score (nSPS) is 16.0. The monoisotopic (exact) mass is 359 g/mol. The Morgan fingerprint density at radius 1 is 1.31 bits per heavy atom. The SMILES string of the molecule is CNc1ccc([N+](=O)[O-])cc1C(=O)NC1CCCOc2ccc(F)cc21. The van der Waals surface area contributed by atoms with E-state index in [0.29, 0.717) is 36.4 Å². The molecule has 2 aromatic carbocycles. The van der Waals surface area contributed by atoms with Crippen LogP contribution >= 0.6 is 0 Å². The highest BCUT2D eigenvalue weighted by Crippen LogP contribution is 2.33. The topological polar surface area (TPSA) is 93.5 Å². The Labute approximate surface area is 149 Å². The molecule has 1 heterocycles. The summed E-state index contributed by atoms with van der Waals surface area (Å²) in [6.07, 6.45) is 1.26. The number of anilines is 1. The van der Waals surface area contributed by atoms with Crippen LogP contribution in [0.1, 0.15) is 34.8 Å². The average Bonchev–Trinajstić information content (AvgIpc) is 2.83. The summed E-state index contributed by atoms with van der Waals surface area (Å²) in [4.78, 5) is 23.2. The molecule has 1 aliphatic rings. The van der Waals surface area contributed by atoms with Crippen LogP contribution in [0.15, 0.2) is 36.4 Å². The zero-order valence-corrected chi connectivity index (χ0v) is 14.1. The lowest BCUT2D eigenvalue weighted by molar-refractivity contribution is -0.384. The first kappa shape index (κ1) is 17.7. The van der Waals surface area contributed by atoms with Crippen LogP contribution in [0.5, 0.6) is 5.75 Å². The van der Waals surface area contributed by atoms with Crippen LogP contribution in [0.25, 0.3) is 0 Å². The Bertz CT molecular complexity index is 856. The second-order valence-corrected chi connectivity index (χ2v) is 5.94. The van der Waals surface area contributed by atoms with Crippen molar-refractivity contribution in [3.05, 3.63) is 63.5 Å². The first-order valence-corrected chi connectivity index (χ1v) is 8.19. The fourth-order valence-corrected chi connectivity index (χ4v) is 2.99. The van der Waals surface area contributed by atoms with Gasteiger partial charge in [-0.05, 0) is 37.1 Å². The van der Waals surface area contributed by atoms with Gasteiger partial charge >= 0.3 is 0 Å². The van der Waals surface area contributed by atoms with Gasteiger partial charge in [-0.1, -0.05) is 0 Å². The fourth-order valence-electron chi connectivity index (χ4n) is 2.99. The molecule has 1 atom stereocenters. The number of hydrogen-bond donors (Lipinski definition) is 2. The maximum Gasteiger partial charge on any atom is 0.270 e. The third-order valence-electron chi connectivity index (χ3n) is 4.28. The highest BCUT2D eigenvalue weighted by molar-refractivity contribution is 6.00. The molecule has 0 bridgehead atoms. The number of carbonyl (C=O) groups excluding carboxylic acids is 1. The van der Waals surface area contributed by atoms with E-state index in [2.05, 4.69) is 10.6 Å². The van der Waals surface area contributed by atoms with Crippen molar-refractivity contribution < 1.29 is 18.8 Å². The lowest BCUT2D eigenvalue weighted by Crippen LogP contribution is -2.29. The van der Waals surface area contributed by atoms with E-state index in [1.165, 1.54) is 30.3 Å². The van der Waals surface area contributed by atoms with Crippen LogP contribution in [0.3, 0.4) is 0 Å². The Morgan fingerprint density at radius 2 is 2.12 bits per heavy atom. The van der Waals surface area contributed by atoms with E-state index in [-0.39, 0.29) is 11.3 Å². The smallest absolute Gasteiger partial charge is 0.270 e. The van der Waals surface area contributed by atoms with Gasteiger partial charge in [0.2, 0.25) is 0 Å². The number of nitrogens with zero attached hydrogens (tertiary/aromatic N) is 1. The molecule has 0 aliphatic carbocycles. The van der Waals surface area contributed by atoms with Crippen molar-refractivity contribution in [3.63, 3.8) is 0 Å². The molecule has 0 saturated carbocycles. The molecule has 136 valence electrons. The zero-order valence-electron chi connectivity index (χ0n) is 14.1. The minimum Gasteiger partial charge on any atom is -0.493 e. The first-order chi connectivity index (χ1) is 12.5. The number of carbonyl (C=O) groups is 1. The van der Waals surface area contributed by atoms with E-state index in [1.54, 1.807) is 13.1 Å². The molecule has 7 nitrogen and oxygen atoms in total. The van der Waals surface area contributed by atoms with Gasteiger partial charge in [0.25, 0.3) is 11.6 Å². The Hall–Kier alpha value is -3.16. The van der Waals surface area contributed by atoms with Gasteiger partial charge in [0.05, 0.1) is 23.1 Å². The van der Waals surface area contributed by atoms with Gasteiger partial charge in [0.15, 0.2) is 0 Å². The third kappa shape index (κ3) is 3.58. The van der Waals surface area contributed by atoms with Crippen molar-refractivity contribution in [2.45, 2.75) is 18.9 Å². The van der Waals surface area contributed by atoms with Gasteiger partial charge in [-0.3, -0.25) is 14.9 Å². The number of fused-ring (bicyclic) bond motifs is 1. The molecular formula is C18H18FN3O4. The van der Waals surface area contributed by atoms with E-state index in [0.717, 1.165) is 0 Å². The molecule has 1 aliphatic heterocycles. The number of nitro groups is 1. The van der Waals surface area contributed by atoms with Gasteiger partial charge < -0.3 is 15.4 Å². The number of halogens is 1. The van der Waals surface area contributed by atoms with Gasteiger partial charge in [0, 0.05) is 30.4 Å². The molecule has 8 heteroatoms. The molecule has 0 fully saturated rings. The minimum atomic E-state index is -0.555. The number of rotatable bonds is 4. The van der Waals surface area contributed by atoms with Crippen molar-refractivity contribution in [2.24, 2.45) is 0 Å². The van der Waals surface area contributed by atoms with Crippen molar-refractivity contribution in [1.29, 1.82) is 0 Å². The number of nitro benzene ring substituents is 1. The van der Waals surface area contributed by atoms with E-state index in [4.69, 9.17) is 4.74 Å². The average molecular weight is 359 g/mol. The molecule has 3 rings (SSSR count). The summed E-state index contributed by atoms with van der Waals surface area (Å²) in [6.45, 7) is 0.476. The first-order valence-electron chi connectivity index (χ1n) is 8.19. The maximum atomic E-state index is 13.7. The predicted molar refractivity (Wildman–Crippen MR) is 94.0 cm³/mol. The summed E-state index contributed by atoms with van der Waals surface area (Å²) >= 11 is 0. The third-order valence-corrected chi connectivity index (χ3v) is 4.28. The Balaban J connectivity index is 1.92. The van der Waals surface area contributed by atoms with Gasteiger partial charge in [-0.25, -0.2) is 4.39 Å². The number of nitrogens with one attached hydrogen (secondary N) is 2. The van der Waals surface area contributed by atoms with Gasteiger partial charge in [-0.2, -0.15) is 0 Å². The quantitative estimate of drug-likeness (QED) is 0.644. The van der Waals surface area contributed by atoms with E-state index in [9.17, 15) is 19.3 Å². The number of hydrogen-bond acceptors (Lipinski definition) is 5. The van der Waals surface area contributed by atoms with E-state index >= 15 is 0 Å². The Morgan fingerprint density at radius 3 is 2.85 bits per heavy atom. The van der Waals surface area contributed by atoms with Crippen LogP contribution in [-0.4, -0.2) is 24.5 Å². The van der Waals surface area contributed by atoms with Crippen molar-refractivity contribution in [3.8, 4) is 5.75 Å². The second kappa shape index (κ2) is 7.38. The minimum absolute atomic E-state index is 0.157. The molecule has 1 unspecified atom stereocenters. The van der Waals surface area contributed by atoms with Crippen molar-refractivity contribution in [2.75, 3.05) is 19.0 Å². The maximum absolute atomic E-state index is 13.7. The molecule has 1 amide bonds. The van der Waals surface area contributed by atoms with E-state index < -0.39 is 22.7 Å². The summed E-state index contributed by atoms with van der Waals surface area (Å²) < 4.78 is 19.3. The molecule has 2 N–H and O–H groups in total. The summed E-state index contributed by atoms with van der Waals surface area (Å²) in [5.41, 5.74) is 1.01. The molecule has 26 heavy (non-hydrogen) atoms. The lowest BCUT2D eigenvalue weighted by atomic mass is 10.0. The number of non-ortho nitro benzene ring substituents is 1. The lowest BCUT2D eigenvalue weighted by Gasteiger charge is -2.19. The number of benzene rings is 2. The highest BCUT2D eigenvalue weighted by Gasteiger charge is 2.24. The summed E-state index contributed by atoms with van der Waals surface area (Å²) in [5.74, 6) is -0.359. The van der Waals surface area contributed by atoms with Crippen LogP contribution in [0.2, 0.25) is 0 Å².